The number of ether oxygens (including phenoxy) is 1. The second kappa shape index (κ2) is 5.94. The predicted octanol–water partition coefficient (Wildman–Crippen LogP) is 1.98. The molecule has 0 spiro atoms. The van der Waals surface area contributed by atoms with E-state index in [9.17, 15) is 8.42 Å². The monoisotopic (exact) mass is 312 g/mol. The first-order valence-electron chi connectivity index (χ1n) is 7.18. The fraction of sp³-hybridized carbons (Fsp3) is 0.600. The summed E-state index contributed by atoms with van der Waals surface area (Å²) in [6, 6.07) is 3.62. The van der Waals surface area contributed by atoms with E-state index in [4.69, 9.17) is 10.5 Å². The third kappa shape index (κ3) is 3.56. The lowest BCUT2D eigenvalue weighted by atomic mass is 9.83. The maximum Gasteiger partial charge on any atom is 0.242 e. The van der Waals surface area contributed by atoms with E-state index in [0.717, 1.165) is 18.4 Å². The van der Waals surface area contributed by atoms with Crippen molar-refractivity contribution >= 4 is 15.7 Å². The van der Waals surface area contributed by atoms with Gasteiger partial charge in [-0.05, 0) is 43.2 Å². The summed E-state index contributed by atoms with van der Waals surface area (Å²) in [5.41, 5.74) is 7.69. The zero-order valence-electron chi connectivity index (χ0n) is 12.9. The van der Waals surface area contributed by atoms with Crippen molar-refractivity contribution in [3.05, 3.63) is 23.3 Å². The maximum absolute atomic E-state index is 12.6. The molecule has 21 heavy (non-hydrogen) atoms. The number of sulfonamides is 1. The van der Waals surface area contributed by atoms with Crippen LogP contribution in [0.3, 0.4) is 0 Å². The van der Waals surface area contributed by atoms with Gasteiger partial charge in [-0.2, -0.15) is 0 Å². The molecule has 118 valence electrons. The van der Waals surface area contributed by atoms with E-state index in [1.165, 1.54) is 0 Å². The molecule has 1 aromatic rings. The van der Waals surface area contributed by atoms with Gasteiger partial charge in [0.2, 0.25) is 10.0 Å². The Morgan fingerprint density at radius 1 is 1.24 bits per heavy atom. The number of hydrogen-bond acceptors (Lipinski definition) is 4. The van der Waals surface area contributed by atoms with Gasteiger partial charge in [0.15, 0.2) is 0 Å². The standard InChI is InChI=1S/C15H24N2O3S/c1-11-4-5-12(2)14(13(11)16)21(18,19)17-10-15(3)6-8-20-9-7-15/h4-5,17H,6-10,16H2,1-3H3. The van der Waals surface area contributed by atoms with Gasteiger partial charge in [0.05, 0.1) is 5.69 Å². The molecule has 0 aromatic heterocycles. The van der Waals surface area contributed by atoms with Crippen LogP contribution >= 0.6 is 0 Å². The molecule has 1 aliphatic rings. The molecule has 0 bridgehead atoms. The minimum Gasteiger partial charge on any atom is -0.397 e. The van der Waals surface area contributed by atoms with Crippen LogP contribution in [0.25, 0.3) is 0 Å². The second-order valence-corrected chi connectivity index (χ2v) is 7.89. The molecule has 0 aliphatic carbocycles. The number of benzene rings is 1. The summed E-state index contributed by atoms with van der Waals surface area (Å²) in [5, 5.41) is 0. The smallest absolute Gasteiger partial charge is 0.242 e. The van der Waals surface area contributed by atoms with Crippen molar-refractivity contribution in [1.29, 1.82) is 0 Å². The Kier molecular flexibility index (Phi) is 4.60. The average molecular weight is 312 g/mol. The van der Waals surface area contributed by atoms with Crippen LogP contribution in [0, 0.1) is 19.3 Å². The zero-order valence-corrected chi connectivity index (χ0v) is 13.7. The Morgan fingerprint density at radius 2 is 1.81 bits per heavy atom. The third-order valence-electron chi connectivity index (χ3n) is 4.27. The highest BCUT2D eigenvalue weighted by Gasteiger charge is 2.30. The second-order valence-electron chi connectivity index (χ2n) is 6.19. The van der Waals surface area contributed by atoms with Crippen LogP contribution < -0.4 is 10.5 Å². The molecule has 1 fully saturated rings. The van der Waals surface area contributed by atoms with E-state index in [1.54, 1.807) is 13.0 Å². The van der Waals surface area contributed by atoms with Crippen LogP contribution in [0.4, 0.5) is 5.69 Å². The number of anilines is 1. The molecule has 0 atom stereocenters. The summed E-state index contributed by atoms with van der Waals surface area (Å²) in [7, 11) is -3.60. The van der Waals surface area contributed by atoms with Gasteiger partial charge >= 0.3 is 0 Å². The number of nitrogens with two attached hydrogens (primary N) is 1. The zero-order chi connectivity index (χ0) is 15.7. The summed E-state index contributed by atoms with van der Waals surface area (Å²) in [6.45, 7) is 7.44. The first-order valence-corrected chi connectivity index (χ1v) is 8.67. The summed E-state index contributed by atoms with van der Waals surface area (Å²) in [4.78, 5) is 0.207. The average Bonchev–Trinajstić information content (AvgIpc) is 2.42. The summed E-state index contributed by atoms with van der Waals surface area (Å²) >= 11 is 0. The molecule has 1 aliphatic heterocycles. The SMILES string of the molecule is Cc1ccc(C)c(S(=O)(=O)NCC2(C)CCOCC2)c1N. The summed E-state index contributed by atoms with van der Waals surface area (Å²) < 4.78 is 33.2. The molecule has 0 unspecified atom stereocenters. The summed E-state index contributed by atoms with van der Waals surface area (Å²) in [5.74, 6) is 0. The quantitative estimate of drug-likeness (QED) is 0.833. The van der Waals surface area contributed by atoms with Crippen LogP contribution in [-0.4, -0.2) is 28.2 Å². The topological polar surface area (TPSA) is 81.4 Å². The van der Waals surface area contributed by atoms with Gasteiger partial charge in [-0.3, -0.25) is 0 Å². The fourth-order valence-corrected chi connectivity index (χ4v) is 4.17. The van der Waals surface area contributed by atoms with Crippen LogP contribution in [0.1, 0.15) is 30.9 Å². The Hall–Kier alpha value is -1.11. The van der Waals surface area contributed by atoms with Gasteiger partial charge in [0.25, 0.3) is 0 Å². The maximum atomic E-state index is 12.6. The van der Waals surface area contributed by atoms with Crippen molar-refractivity contribution in [2.24, 2.45) is 5.41 Å². The molecular weight excluding hydrogens is 288 g/mol. The van der Waals surface area contributed by atoms with Gasteiger partial charge in [-0.25, -0.2) is 13.1 Å². The predicted molar refractivity (Wildman–Crippen MR) is 83.7 cm³/mol. The highest BCUT2D eigenvalue weighted by molar-refractivity contribution is 7.89. The molecule has 2 rings (SSSR count). The van der Waals surface area contributed by atoms with Crippen molar-refractivity contribution in [2.75, 3.05) is 25.5 Å². The molecule has 1 saturated heterocycles. The van der Waals surface area contributed by atoms with Gasteiger partial charge in [-0.15, -0.1) is 0 Å². The van der Waals surface area contributed by atoms with E-state index < -0.39 is 10.0 Å². The number of hydrogen-bond donors (Lipinski definition) is 2. The third-order valence-corrected chi connectivity index (χ3v) is 5.87. The van der Waals surface area contributed by atoms with Crippen molar-refractivity contribution in [3.63, 3.8) is 0 Å². The molecular formula is C15H24N2O3S. The molecule has 6 heteroatoms. The highest BCUT2D eigenvalue weighted by Crippen LogP contribution is 2.30. The lowest BCUT2D eigenvalue weighted by Gasteiger charge is -2.33. The number of nitrogens with one attached hydrogen (secondary N) is 1. The molecule has 1 aromatic carbocycles. The number of rotatable bonds is 4. The van der Waals surface area contributed by atoms with Crippen LogP contribution in [0.2, 0.25) is 0 Å². The van der Waals surface area contributed by atoms with E-state index in [1.807, 2.05) is 13.0 Å². The summed E-state index contributed by atoms with van der Waals surface area (Å²) in [6.07, 6.45) is 1.72. The van der Waals surface area contributed by atoms with E-state index in [2.05, 4.69) is 11.6 Å². The number of aryl methyl sites for hydroxylation is 2. The van der Waals surface area contributed by atoms with Gasteiger partial charge in [-0.1, -0.05) is 19.1 Å². The first kappa shape index (κ1) is 16.3. The molecule has 0 radical (unpaired) electrons. The van der Waals surface area contributed by atoms with E-state index >= 15 is 0 Å². The Bertz CT molecular complexity index is 620. The fourth-order valence-electron chi connectivity index (χ4n) is 2.55. The van der Waals surface area contributed by atoms with Crippen LogP contribution in [0.5, 0.6) is 0 Å². The van der Waals surface area contributed by atoms with Gasteiger partial charge in [0, 0.05) is 19.8 Å². The molecule has 1 heterocycles. The van der Waals surface area contributed by atoms with Crippen molar-refractivity contribution in [2.45, 2.75) is 38.5 Å². The Labute approximate surface area is 126 Å². The molecule has 0 amide bonds. The van der Waals surface area contributed by atoms with Crippen molar-refractivity contribution < 1.29 is 13.2 Å². The molecule has 3 N–H and O–H groups in total. The lowest BCUT2D eigenvalue weighted by molar-refractivity contribution is 0.0264. The largest absolute Gasteiger partial charge is 0.397 e. The van der Waals surface area contributed by atoms with Crippen LogP contribution in [0.15, 0.2) is 17.0 Å². The van der Waals surface area contributed by atoms with Gasteiger partial charge < -0.3 is 10.5 Å². The highest BCUT2D eigenvalue weighted by atomic mass is 32.2. The first-order chi connectivity index (χ1) is 9.75. The molecule has 5 nitrogen and oxygen atoms in total. The number of nitrogen functional groups attached to an aromatic ring is 1. The molecule has 0 saturated carbocycles. The van der Waals surface area contributed by atoms with Crippen molar-refractivity contribution in [1.82, 2.24) is 4.72 Å². The van der Waals surface area contributed by atoms with Gasteiger partial charge in [0.1, 0.15) is 4.90 Å². The Morgan fingerprint density at radius 3 is 2.43 bits per heavy atom. The van der Waals surface area contributed by atoms with Crippen LogP contribution in [-0.2, 0) is 14.8 Å². The Balaban J connectivity index is 2.21. The van der Waals surface area contributed by atoms with Crippen molar-refractivity contribution in [3.8, 4) is 0 Å². The van der Waals surface area contributed by atoms with E-state index in [0.29, 0.717) is 31.0 Å². The lowest BCUT2D eigenvalue weighted by Crippen LogP contribution is -2.39. The van der Waals surface area contributed by atoms with E-state index in [-0.39, 0.29) is 10.3 Å². The minimum absolute atomic E-state index is 0.0577. The minimum atomic E-state index is -3.60. The normalized spacial score (nSPS) is 18.6.